The third-order valence-corrected chi connectivity index (χ3v) is 4.20. The Morgan fingerprint density at radius 2 is 1.74 bits per heavy atom. The smallest absolute Gasteiger partial charge is 0.251 e. The number of benzene rings is 2. The fourth-order valence-corrected chi connectivity index (χ4v) is 2.78. The Morgan fingerprint density at radius 1 is 1.04 bits per heavy atom. The lowest BCUT2D eigenvalue weighted by molar-refractivity contribution is -0.131. The third-order valence-electron chi connectivity index (χ3n) is 4.20. The number of nitrogens with one attached hydrogen (secondary N) is 1. The topological polar surface area (TPSA) is 49.4 Å². The fourth-order valence-electron chi connectivity index (χ4n) is 2.78. The van der Waals surface area contributed by atoms with E-state index in [9.17, 15) is 9.59 Å². The Hall–Kier alpha value is -2.62. The van der Waals surface area contributed by atoms with Crippen LogP contribution in [0.4, 0.5) is 0 Å². The van der Waals surface area contributed by atoms with Crippen LogP contribution in [0.2, 0.25) is 0 Å². The molecule has 23 heavy (non-hydrogen) atoms. The van der Waals surface area contributed by atoms with Gasteiger partial charge >= 0.3 is 0 Å². The van der Waals surface area contributed by atoms with Gasteiger partial charge in [-0.1, -0.05) is 42.0 Å². The maximum absolute atomic E-state index is 12.3. The molecule has 1 aliphatic heterocycles. The van der Waals surface area contributed by atoms with Gasteiger partial charge in [0, 0.05) is 18.7 Å². The molecule has 3 rings (SSSR count). The molecule has 0 spiro atoms. The molecule has 0 fully saturated rings. The molecule has 0 saturated heterocycles. The summed E-state index contributed by atoms with van der Waals surface area (Å²) in [5, 5.41) is 2.71. The molecule has 0 aromatic heterocycles. The standard InChI is InChI=1S/C19H20N2O2/c1-14-6-8-16(9-7-14)19(23)20-12-18(22)21-11-10-15-4-2-3-5-17(15)13-21/h2-9H,10-13H2,1H3,(H,20,23). The van der Waals surface area contributed by atoms with Crippen molar-refractivity contribution in [3.8, 4) is 0 Å². The van der Waals surface area contributed by atoms with Gasteiger partial charge in [0.1, 0.15) is 0 Å². The van der Waals surface area contributed by atoms with Crippen molar-refractivity contribution in [1.82, 2.24) is 10.2 Å². The highest BCUT2D eigenvalue weighted by Gasteiger charge is 2.20. The zero-order valence-electron chi connectivity index (χ0n) is 13.2. The van der Waals surface area contributed by atoms with Crippen molar-refractivity contribution >= 4 is 11.8 Å². The fraction of sp³-hybridized carbons (Fsp3) is 0.263. The van der Waals surface area contributed by atoms with E-state index in [4.69, 9.17) is 0 Å². The average molecular weight is 308 g/mol. The lowest BCUT2D eigenvalue weighted by Gasteiger charge is -2.29. The molecule has 0 unspecified atom stereocenters. The first-order chi connectivity index (χ1) is 11.1. The van der Waals surface area contributed by atoms with Gasteiger partial charge in [-0.2, -0.15) is 0 Å². The average Bonchev–Trinajstić information content (AvgIpc) is 2.59. The summed E-state index contributed by atoms with van der Waals surface area (Å²) in [5.41, 5.74) is 4.18. The molecule has 1 heterocycles. The minimum atomic E-state index is -0.212. The van der Waals surface area contributed by atoms with Gasteiger partial charge in [-0.3, -0.25) is 9.59 Å². The normalized spacial score (nSPS) is 13.3. The summed E-state index contributed by atoms with van der Waals surface area (Å²) in [6.07, 6.45) is 0.869. The van der Waals surface area contributed by atoms with E-state index < -0.39 is 0 Å². The van der Waals surface area contributed by atoms with Gasteiger partial charge in [0.05, 0.1) is 6.54 Å². The molecular formula is C19H20N2O2. The maximum atomic E-state index is 12.3. The van der Waals surface area contributed by atoms with Crippen LogP contribution in [-0.2, 0) is 17.8 Å². The van der Waals surface area contributed by atoms with Crippen LogP contribution in [0.25, 0.3) is 0 Å². The summed E-state index contributed by atoms with van der Waals surface area (Å²) >= 11 is 0. The number of nitrogens with zero attached hydrogens (tertiary/aromatic N) is 1. The molecule has 2 aromatic rings. The number of aryl methyl sites for hydroxylation is 1. The second kappa shape index (κ2) is 6.65. The highest BCUT2D eigenvalue weighted by atomic mass is 16.2. The van der Waals surface area contributed by atoms with E-state index in [1.165, 1.54) is 11.1 Å². The predicted molar refractivity (Wildman–Crippen MR) is 89.1 cm³/mol. The van der Waals surface area contributed by atoms with Crippen molar-refractivity contribution in [3.05, 3.63) is 70.8 Å². The van der Waals surface area contributed by atoms with Crippen LogP contribution in [-0.4, -0.2) is 29.8 Å². The molecule has 0 bridgehead atoms. The van der Waals surface area contributed by atoms with Crippen LogP contribution in [0.3, 0.4) is 0 Å². The lowest BCUT2D eigenvalue weighted by Crippen LogP contribution is -2.42. The minimum absolute atomic E-state index is 0.0366. The number of carbonyl (C=O) groups excluding carboxylic acids is 2. The molecular weight excluding hydrogens is 288 g/mol. The Balaban J connectivity index is 1.56. The summed E-state index contributed by atoms with van der Waals surface area (Å²) in [7, 11) is 0. The largest absolute Gasteiger partial charge is 0.343 e. The Labute approximate surface area is 136 Å². The molecule has 1 aliphatic rings. The molecule has 1 N–H and O–H groups in total. The highest BCUT2D eigenvalue weighted by Crippen LogP contribution is 2.18. The van der Waals surface area contributed by atoms with Crippen molar-refractivity contribution < 1.29 is 9.59 Å². The second-order valence-electron chi connectivity index (χ2n) is 5.88. The van der Waals surface area contributed by atoms with Gasteiger partial charge in [0.15, 0.2) is 0 Å². The number of hydrogen-bond acceptors (Lipinski definition) is 2. The first-order valence-electron chi connectivity index (χ1n) is 7.83. The summed E-state index contributed by atoms with van der Waals surface area (Å²) in [6.45, 7) is 3.33. The van der Waals surface area contributed by atoms with Gasteiger partial charge in [-0.05, 0) is 36.6 Å². The first-order valence-corrected chi connectivity index (χ1v) is 7.83. The van der Waals surface area contributed by atoms with Gasteiger partial charge in [-0.15, -0.1) is 0 Å². The van der Waals surface area contributed by atoms with E-state index in [0.29, 0.717) is 18.7 Å². The maximum Gasteiger partial charge on any atom is 0.251 e. The van der Waals surface area contributed by atoms with E-state index in [-0.39, 0.29) is 18.4 Å². The van der Waals surface area contributed by atoms with Gasteiger partial charge in [-0.25, -0.2) is 0 Å². The molecule has 2 aromatic carbocycles. The number of fused-ring (bicyclic) bond motifs is 1. The number of carbonyl (C=O) groups is 2. The third kappa shape index (κ3) is 3.59. The SMILES string of the molecule is Cc1ccc(C(=O)NCC(=O)N2CCc3ccccc3C2)cc1. The van der Waals surface area contributed by atoms with Crippen molar-refractivity contribution in [3.63, 3.8) is 0 Å². The second-order valence-corrected chi connectivity index (χ2v) is 5.88. The van der Waals surface area contributed by atoms with Gasteiger partial charge in [0.25, 0.3) is 5.91 Å². The van der Waals surface area contributed by atoms with E-state index in [1.807, 2.05) is 31.2 Å². The Morgan fingerprint density at radius 3 is 2.48 bits per heavy atom. The Bertz CT molecular complexity index is 722. The minimum Gasteiger partial charge on any atom is -0.343 e. The van der Waals surface area contributed by atoms with Crippen molar-refractivity contribution in [2.45, 2.75) is 19.9 Å². The summed E-state index contributed by atoms with van der Waals surface area (Å²) in [6, 6.07) is 15.5. The van der Waals surface area contributed by atoms with Crippen LogP contribution in [0, 0.1) is 6.92 Å². The summed E-state index contributed by atoms with van der Waals surface area (Å²) in [5.74, 6) is -0.254. The van der Waals surface area contributed by atoms with E-state index in [0.717, 1.165) is 12.0 Å². The van der Waals surface area contributed by atoms with Crippen LogP contribution in [0.15, 0.2) is 48.5 Å². The number of rotatable bonds is 3. The van der Waals surface area contributed by atoms with Gasteiger partial charge in [0.2, 0.25) is 5.91 Å². The summed E-state index contributed by atoms with van der Waals surface area (Å²) < 4.78 is 0. The monoisotopic (exact) mass is 308 g/mol. The molecule has 4 nitrogen and oxygen atoms in total. The highest BCUT2D eigenvalue weighted by molar-refractivity contribution is 5.96. The van der Waals surface area contributed by atoms with Crippen molar-refractivity contribution in [1.29, 1.82) is 0 Å². The van der Waals surface area contributed by atoms with Crippen molar-refractivity contribution in [2.24, 2.45) is 0 Å². The van der Waals surface area contributed by atoms with E-state index in [1.54, 1.807) is 17.0 Å². The van der Waals surface area contributed by atoms with Crippen molar-refractivity contribution in [2.75, 3.05) is 13.1 Å². The molecule has 0 radical (unpaired) electrons. The molecule has 0 saturated carbocycles. The van der Waals surface area contributed by atoms with Crippen LogP contribution in [0.5, 0.6) is 0 Å². The number of amides is 2. The van der Waals surface area contributed by atoms with Crippen LogP contribution < -0.4 is 5.32 Å². The molecule has 4 heteroatoms. The van der Waals surface area contributed by atoms with Gasteiger partial charge < -0.3 is 10.2 Å². The Kier molecular flexibility index (Phi) is 4.42. The molecule has 0 atom stereocenters. The quantitative estimate of drug-likeness (QED) is 0.946. The van der Waals surface area contributed by atoms with E-state index >= 15 is 0 Å². The lowest BCUT2D eigenvalue weighted by atomic mass is 10.00. The molecule has 118 valence electrons. The predicted octanol–water partition coefficient (Wildman–Crippen LogP) is 2.31. The van der Waals surface area contributed by atoms with Crippen LogP contribution >= 0.6 is 0 Å². The first kappa shape index (κ1) is 15.3. The zero-order valence-corrected chi connectivity index (χ0v) is 13.2. The van der Waals surface area contributed by atoms with E-state index in [2.05, 4.69) is 17.4 Å². The zero-order chi connectivity index (χ0) is 16.2. The summed E-state index contributed by atoms with van der Waals surface area (Å²) in [4.78, 5) is 26.2. The molecule has 2 amide bonds. The van der Waals surface area contributed by atoms with Crippen LogP contribution in [0.1, 0.15) is 27.0 Å². The number of hydrogen-bond donors (Lipinski definition) is 1. The molecule has 0 aliphatic carbocycles.